The van der Waals surface area contributed by atoms with Gasteiger partial charge in [0, 0.05) is 24.2 Å². The number of nitrogens with one attached hydrogen (secondary N) is 2. The molecule has 118 valence electrons. The van der Waals surface area contributed by atoms with Crippen LogP contribution in [-0.2, 0) is 4.79 Å². The van der Waals surface area contributed by atoms with Gasteiger partial charge in [-0.25, -0.2) is 0 Å². The molecule has 0 bridgehead atoms. The highest BCUT2D eigenvalue weighted by molar-refractivity contribution is 5.92. The zero-order chi connectivity index (χ0) is 15.8. The monoisotopic (exact) mass is 292 g/mol. The maximum absolute atomic E-state index is 12.0. The molecule has 4 heteroatoms. The number of amides is 1. The smallest absolute Gasteiger partial charge is 0.228 e. The summed E-state index contributed by atoms with van der Waals surface area (Å²) in [5.74, 6) is 1.41. The molecule has 0 aromatic heterocycles. The first-order chi connectivity index (χ1) is 9.93. The van der Waals surface area contributed by atoms with Gasteiger partial charge in [0.25, 0.3) is 0 Å². The summed E-state index contributed by atoms with van der Waals surface area (Å²) in [6.07, 6.45) is 1.02. The quantitative estimate of drug-likeness (QED) is 0.773. The van der Waals surface area contributed by atoms with E-state index in [0.29, 0.717) is 19.1 Å². The molecule has 1 aromatic rings. The number of anilines is 1. The normalized spacial score (nSPS) is 12.3. The van der Waals surface area contributed by atoms with Gasteiger partial charge in [-0.05, 0) is 37.9 Å². The molecule has 0 saturated carbocycles. The minimum Gasteiger partial charge on any atom is -0.493 e. The van der Waals surface area contributed by atoms with Crippen molar-refractivity contribution >= 4 is 11.6 Å². The lowest BCUT2D eigenvalue weighted by molar-refractivity contribution is -0.119. The van der Waals surface area contributed by atoms with Crippen LogP contribution in [0, 0.1) is 18.8 Å². The van der Waals surface area contributed by atoms with E-state index in [1.54, 1.807) is 0 Å². The highest BCUT2D eigenvalue weighted by atomic mass is 16.5. The van der Waals surface area contributed by atoms with Crippen LogP contribution in [0.3, 0.4) is 0 Å². The second-order valence-corrected chi connectivity index (χ2v) is 5.96. The summed E-state index contributed by atoms with van der Waals surface area (Å²) in [5, 5.41) is 5.94. The third kappa shape index (κ3) is 6.17. The Morgan fingerprint density at radius 3 is 2.62 bits per heavy atom. The van der Waals surface area contributed by atoms with Crippen molar-refractivity contribution in [2.75, 3.05) is 25.5 Å². The van der Waals surface area contributed by atoms with Crippen molar-refractivity contribution in [1.29, 1.82) is 0 Å². The molecule has 0 heterocycles. The van der Waals surface area contributed by atoms with Gasteiger partial charge in [0.15, 0.2) is 0 Å². The average Bonchev–Trinajstić information content (AvgIpc) is 2.42. The van der Waals surface area contributed by atoms with Gasteiger partial charge >= 0.3 is 0 Å². The van der Waals surface area contributed by atoms with E-state index in [2.05, 4.69) is 24.5 Å². The summed E-state index contributed by atoms with van der Waals surface area (Å²) in [6.45, 7) is 9.63. The predicted molar refractivity (Wildman–Crippen MR) is 87.8 cm³/mol. The van der Waals surface area contributed by atoms with Crippen LogP contribution < -0.4 is 15.4 Å². The molecule has 0 aliphatic rings. The molecular weight excluding hydrogens is 264 g/mol. The van der Waals surface area contributed by atoms with Crippen molar-refractivity contribution in [1.82, 2.24) is 5.32 Å². The van der Waals surface area contributed by atoms with Crippen molar-refractivity contribution in [2.24, 2.45) is 11.8 Å². The van der Waals surface area contributed by atoms with Gasteiger partial charge in [0.1, 0.15) is 5.75 Å². The van der Waals surface area contributed by atoms with Gasteiger partial charge in [-0.1, -0.05) is 26.8 Å². The van der Waals surface area contributed by atoms with E-state index in [4.69, 9.17) is 4.74 Å². The lowest BCUT2D eigenvalue weighted by Gasteiger charge is -2.14. The zero-order valence-corrected chi connectivity index (χ0v) is 13.8. The van der Waals surface area contributed by atoms with Crippen LogP contribution in [0.5, 0.6) is 5.75 Å². The Bertz CT molecular complexity index is 458. The number of hydrogen-bond acceptors (Lipinski definition) is 3. The Morgan fingerprint density at radius 2 is 2.00 bits per heavy atom. The van der Waals surface area contributed by atoms with E-state index in [9.17, 15) is 4.79 Å². The van der Waals surface area contributed by atoms with Crippen LogP contribution in [0.1, 0.15) is 32.8 Å². The molecule has 0 radical (unpaired) electrons. The fourth-order valence-electron chi connectivity index (χ4n) is 1.90. The van der Waals surface area contributed by atoms with Crippen molar-refractivity contribution < 1.29 is 9.53 Å². The molecule has 1 unspecified atom stereocenters. The molecular formula is C17H28N2O2. The van der Waals surface area contributed by atoms with Crippen LogP contribution in [0.25, 0.3) is 0 Å². The van der Waals surface area contributed by atoms with Crippen molar-refractivity contribution in [3.05, 3.63) is 23.8 Å². The number of carbonyl (C=O) groups excluding carboxylic acids is 1. The summed E-state index contributed by atoms with van der Waals surface area (Å²) in [5.41, 5.74) is 1.87. The van der Waals surface area contributed by atoms with Gasteiger partial charge in [-0.2, -0.15) is 0 Å². The lowest BCUT2D eigenvalue weighted by atomic mass is 10.1. The van der Waals surface area contributed by atoms with Crippen LogP contribution in [0.4, 0.5) is 5.69 Å². The predicted octanol–water partition coefficient (Wildman–Crippen LogP) is 3.21. The maximum Gasteiger partial charge on any atom is 0.228 e. The van der Waals surface area contributed by atoms with Crippen molar-refractivity contribution in [3.63, 3.8) is 0 Å². The molecule has 1 rings (SSSR count). The topological polar surface area (TPSA) is 50.4 Å². The maximum atomic E-state index is 12.0. The van der Waals surface area contributed by atoms with Crippen LogP contribution >= 0.6 is 0 Å². The summed E-state index contributed by atoms with van der Waals surface area (Å²) >= 11 is 0. The van der Waals surface area contributed by atoms with E-state index < -0.39 is 0 Å². The summed E-state index contributed by atoms with van der Waals surface area (Å²) in [4.78, 5) is 12.0. The second kappa shape index (κ2) is 8.67. The van der Waals surface area contributed by atoms with Crippen LogP contribution in [0.15, 0.2) is 18.2 Å². The number of hydrogen-bond donors (Lipinski definition) is 2. The average molecular weight is 292 g/mol. The summed E-state index contributed by atoms with van der Waals surface area (Å²) < 4.78 is 5.81. The standard InChI is InChI=1S/C17H28N2O2/c1-12(2)8-9-21-16-10-15(7-6-13(16)3)19-17(20)14(4)11-18-5/h6-7,10,12,14,18H,8-9,11H2,1-5H3,(H,19,20). The van der Waals surface area contributed by atoms with Gasteiger partial charge in [-0.3, -0.25) is 4.79 Å². The first-order valence-corrected chi connectivity index (χ1v) is 7.63. The first kappa shape index (κ1) is 17.5. The molecule has 0 spiro atoms. The molecule has 1 aromatic carbocycles. The molecule has 2 N–H and O–H groups in total. The first-order valence-electron chi connectivity index (χ1n) is 7.63. The summed E-state index contributed by atoms with van der Waals surface area (Å²) in [7, 11) is 1.84. The molecule has 0 fully saturated rings. The molecule has 0 aliphatic carbocycles. The van der Waals surface area contributed by atoms with Gasteiger partial charge in [0.2, 0.25) is 5.91 Å². The molecule has 21 heavy (non-hydrogen) atoms. The second-order valence-electron chi connectivity index (χ2n) is 5.96. The number of benzene rings is 1. The fourth-order valence-corrected chi connectivity index (χ4v) is 1.90. The largest absolute Gasteiger partial charge is 0.493 e. The van der Waals surface area contributed by atoms with E-state index in [1.165, 1.54) is 0 Å². The van der Waals surface area contributed by atoms with E-state index >= 15 is 0 Å². The SMILES string of the molecule is CNCC(C)C(=O)Nc1ccc(C)c(OCCC(C)C)c1. The number of aryl methyl sites for hydroxylation is 1. The highest BCUT2D eigenvalue weighted by Gasteiger charge is 2.12. The minimum absolute atomic E-state index is 0.0151. The number of rotatable bonds is 8. The molecule has 0 aliphatic heterocycles. The Balaban J connectivity index is 2.65. The highest BCUT2D eigenvalue weighted by Crippen LogP contribution is 2.23. The fraction of sp³-hybridized carbons (Fsp3) is 0.588. The molecule has 1 atom stereocenters. The molecule has 0 saturated heterocycles. The van der Waals surface area contributed by atoms with Crippen LogP contribution in [-0.4, -0.2) is 26.1 Å². The zero-order valence-electron chi connectivity index (χ0n) is 13.8. The van der Waals surface area contributed by atoms with Gasteiger partial charge < -0.3 is 15.4 Å². The van der Waals surface area contributed by atoms with E-state index in [-0.39, 0.29) is 11.8 Å². The number of ether oxygens (including phenoxy) is 1. The van der Waals surface area contributed by atoms with Crippen LogP contribution in [0.2, 0.25) is 0 Å². The minimum atomic E-state index is -0.0680. The van der Waals surface area contributed by atoms with E-state index in [1.807, 2.05) is 39.1 Å². The van der Waals surface area contributed by atoms with Crippen molar-refractivity contribution in [2.45, 2.75) is 34.1 Å². The summed E-state index contributed by atoms with van der Waals surface area (Å²) in [6, 6.07) is 5.79. The third-order valence-electron chi connectivity index (χ3n) is 3.37. The Labute approximate surface area is 128 Å². The van der Waals surface area contributed by atoms with E-state index in [0.717, 1.165) is 23.4 Å². The molecule has 1 amide bonds. The lowest BCUT2D eigenvalue weighted by Crippen LogP contribution is -2.28. The number of carbonyl (C=O) groups is 1. The molecule has 4 nitrogen and oxygen atoms in total. The Kier molecular flexibility index (Phi) is 7.23. The Morgan fingerprint density at radius 1 is 1.29 bits per heavy atom. The van der Waals surface area contributed by atoms with Gasteiger partial charge in [0.05, 0.1) is 6.61 Å². The Hall–Kier alpha value is -1.55. The van der Waals surface area contributed by atoms with Crippen molar-refractivity contribution in [3.8, 4) is 5.75 Å². The third-order valence-corrected chi connectivity index (χ3v) is 3.37. The van der Waals surface area contributed by atoms with Gasteiger partial charge in [-0.15, -0.1) is 0 Å².